The van der Waals surface area contributed by atoms with E-state index in [0.717, 1.165) is 6.42 Å². The van der Waals surface area contributed by atoms with Gasteiger partial charge in [0.15, 0.2) is 0 Å². The number of carbonyl (C=O) groups is 1. The van der Waals surface area contributed by atoms with Gasteiger partial charge in [-0.25, -0.2) is 0 Å². The third kappa shape index (κ3) is 4.60. The number of amides is 1. The van der Waals surface area contributed by atoms with Gasteiger partial charge >= 0.3 is 0 Å². The molecule has 0 aromatic carbocycles. The van der Waals surface area contributed by atoms with Gasteiger partial charge in [-0.3, -0.25) is 4.79 Å². The van der Waals surface area contributed by atoms with Crippen molar-refractivity contribution >= 4 is 17.5 Å². The van der Waals surface area contributed by atoms with Gasteiger partial charge in [-0.05, 0) is 20.3 Å². The molecule has 0 bridgehead atoms. The van der Waals surface area contributed by atoms with Crippen molar-refractivity contribution in [2.45, 2.75) is 39.7 Å². The second kappa shape index (κ2) is 4.70. The highest BCUT2D eigenvalue weighted by molar-refractivity contribution is 6.17. The van der Waals surface area contributed by atoms with Crippen molar-refractivity contribution < 1.29 is 4.79 Å². The molecule has 0 aromatic rings. The first-order valence-corrected chi connectivity index (χ1v) is 4.80. The Morgan fingerprint density at radius 3 is 2.33 bits per heavy atom. The van der Waals surface area contributed by atoms with Crippen molar-refractivity contribution in [1.29, 1.82) is 0 Å². The standard InChI is InChI=1S/C9H18ClNO/c1-7(2)8(12)11-9(3,4)5-6-10/h7H,5-6H2,1-4H3,(H,11,12). The largest absolute Gasteiger partial charge is 0.351 e. The third-order valence-electron chi connectivity index (χ3n) is 1.71. The Hall–Kier alpha value is -0.240. The van der Waals surface area contributed by atoms with Crippen LogP contribution in [0, 0.1) is 5.92 Å². The molecule has 0 saturated heterocycles. The van der Waals surface area contributed by atoms with Gasteiger partial charge in [-0.1, -0.05) is 13.8 Å². The third-order valence-corrected chi connectivity index (χ3v) is 1.89. The topological polar surface area (TPSA) is 29.1 Å². The zero-order valence-corrected chi connectivity index (χ0v) is 9.03. The molecule has 0 atom stereocenters. The normalized spacial score (nSPS) is 11.8. The van der Waals surface area contributed by atoms with Crippen LogP contribution >= 0.6 is 11.6 Å². The molecule has 12 heavy (non-hydrogen) atoms. The zero-order valence-electron chi connectivity index (χ0n) is 8.28. The predicted octanol–water partition coefficient (Wildman–Crippen LogP) is 2.17. The van der Waals surface area contributed by atoms with E-state index in [1.165, 1.54) is 0 Å². The molecule has 0 spiro atoms. The van der Waals surface area contributed by atoms with Crippen molar-refractivity contribution in [2.75, 3.05) is 5.88 Å². The number of hydrogen-bond donors (Lipinski definition) is 1. The first-order valence-electron chi connectivity index (χ1n) is 4.27. The summed E-state index contributed by atoms with van der Waals surface area (Å²) >= 11 is 5.60. The molecule has 0 aliphatic heterocycles. The number of halogens is 1. The fraction of sp³-hybridized carbons (Fsp3) is 0.889. The summed E-state index contributed by atoms with van der Waals surface area (Å²) in [6.07, 6.45) is 0.799. The van der Waals surface area contributed by atoms with Gasteiger partial charge in [0.25, 0.3) is 0 Å². The lowest BCUT2D eigenvalue weighted by Crippen LogP contribution is -2.45. The van der Waals surface area contributed by atoms with Gasteiger partial charge in [0, 0.05) is 17.3 Å². The van der Waals surface area contributed by atoms with Crippen molar-refractivity contribution in [2.24, 2.45) is 5.92 Å². The molecular formula is C9H18ClNO. The molecule has 0 aliphatic carbocycles. The summed E-state index contributed by atoms with van der Waals surface area (Å²) in [5, 5.41) is 2.93. The Morgan fingerprint density at radius 2 is 2.00 bits per heavy atom. The molecule has 0 aliphatic rings. The Balaban J connectivity index is 3.96. The molecule has 1 N–H and O–H groups in total. The summed E-state index contributed by atoms with van der Waals surface area (Å²) in [4.78, 5) is 11.3. The number of rotatable bonds is 4. The molecule has 0 fully saturated rings. The Labute approximate surface area is 79.7 Å². The second-order valence-electron chi connectivity index (χ2n) is 3.97. The van der Waals surface area contributed by atoms with Crippen LogP contribution in [-0.2, 0) is 4.79 Å². The van der Waals surface area contributed by atoms with Crippen LogP contribution in [-0.4, -0.2) is 17.3 Å². The van der Waals surface area contributed by atoms with E-state index in [-0.39, 0.29) is 17.4 Å². The van der Waals surface area contributed by atoms with Crippen LogP contribution in [0.2, 0.25) is 0 Å². The van der Waals surface area contributed by atoms with Crippen molar-refractivity contribution in [3.05, 3.63) is 0 Å². The number of hydrogen-bond acceptors (Lipinski definition) is 1. The van der Waals surface area contributed by atoms with Crippen LogP contribution in [0.25, 0.3) is 0 Å². The van der Waals surface area contributed by atoms with E-state index < -0.39 is 0 Å². The molecular weight excluding hydrogens is 174 g/mol. The van der Waals surface area contributed by atoms with Crippen LogP contribution in [0.4, 0.5) is 0 Å². The first-order chi connectivity index (χ1) is 5.39. The lowest BCUT2D eigenvalue weighted by molar-refractivity contribution is -0.125. The Bertz CT molecular complexity index is 155. The van der Waals surface area contributed by atoms with Gasteiger partial charge in [0.05, 0.1) is 0 Å². The molecule has 0 rings (SSSR count). The Kier molecular flexibility index (Phi) is 4.61. The average molecular weight is 192 g/mol. The van der Waals surface area contributed by atoms with E-state index in [0.29, 0.717) is 5.88 Å². The van der Waals surface area contributed by atoms with Gasteiger partial charge < -0.3 is 5.32 Å². The fourth-order valence-corrected chi connectivity index (χ4v) is 1.25. The van der Waals surface area contributed by atoms with Crippen LogP contribution in [0.15, 0.2) is 0 Å². The number of nitrogens with one attached hydrogen (secondary N) is 1. The lowest BCUT2D eigenvalue weighted by atomic mass is 10.0. The summed E-state index contributed by atoms with van der Waals surface area (Å²) in [5.41, 5.74) is -0.177. The smallest absolute Gasteiger partial charge is 0.222 e. The summed E-state index contributed by atoms with van der Waals surface area (Å²) in [6, 6.07) is 0. The van der Waals surface area contributed by atoms with E-state index in [4.69, 9.17) is 11.6 Å². The number of alkyl halides is 1. The molecule has 0 aromatic heterocycles. The first kappa shape index (κ1) is 11.8. The maximum absolute atomic E-state index is 11.3. The Morgan fingerprint density at radius 1 is 1.50 bits per heavy atom. The van der Waals surface area contributed by atoms with Gasteiger partial charge in [-0.15, -0.1) is 11.6 Å². The molecule has 72 valence electrons. The fourth-order valence-electron chi connectivity index (χ4n) is 0.777. The van der Waals surface area contributed by atoms with Gasteiger partial charge in [0.1, 0.15) is 0 Å². The van der Waals surface area contributed by atoms with Crippen molar-refractivity contribution in [1.82, 2.24) is 5.32 Å². The van der Waals surface area contributed by atoms with Crippen LogP contribution in [0.3, 0.4) is 0 Å². The van der Waals surface area contributed by atoms with E-state index in [1.807, 2.05) is 27.7 Å². The molecule has 2 nitrogen and oxygen atoms in total. The quantitative estimate of drug-likeness (QED) is 0.679. The molecule has 1 amide bonds. The van der Waals surface area contributed by atoms with E-state index in [2.05, 4.69) is 5.32 Å². The summed E-state index contributed by atoms with van der Waals surface area (Å²) in [7, 11) is 0. The van der Waals surface area contributed by atoms with Crippen molar-refractivity contribution in [3.8, 4) is 0 Å². The lowest BCUT2D eigenvalue weighted by Gasteiger charge is -2.26. The van der Waals surface area contributed by atoms with E-state index >= 15 is 0 Å². The highest BCUT2D eigenvalue weighted by Gasteiger charge is 2.20. The summed E-state index contributed by atoms with van der Waals surface area (Å²) in [6.45, 7) is 7.73. The van der Waals surface area contributed by atoms with Gasteiger partial charge in [0.2, 0.25) is 5.91 Å². The monoisotopic (exact) mass is 191 g/mol. The van der Waals surface area contributed by atoms with E-state index in [9.17, 15) is 4.79 Å². The average Bonchev–Trinajstić information content (AvgIpc) is 1.85. The SMILES string of the molecule is CC(C)C(=O)NC(C)(C)CCCl. The second-order valence-corrected chi connectivity index (χ2v) is 4.34. The molecule has 0 unspecified atom stereocenters. The summed E-state index contributed by atoms with van der Waals surface area (Å²) < 4.78 is 0. The highest BCUT2D eigenvalue weighted by Crippen LogP contribution is 2.10. The predicted molar refractivity (Wildman–Crippen MR) is 52.4 cm³/mol. The highest BCUT2D eigenvalue weighted by atomic mass is 35.5. The number of carbonyl (C=O) groups excluding carboxylic acids is 1. The van der Waals surface area contributed by atoms with Crippen LogP contribution in [0.1, 0.15) is 34.1 Å². The maximum Gasteiger partial charge on any atom is 0.222 e. The van der Waals surface area contributed by atoms with Crippen LogP contribution in [0.5, 0.6) is 0 Å². The minimum absolute atomic E-state index is 0.0413. The minimum Gasteiger partial charge on any atom is -0.351 e. The molecule has 0 saturated carbocycles. The van der Waals surface area contributed by atoms with Gasteiger partial charge in [-0.2, -0.15) is 0 Å². The molecule has 3 heteroatoms. The molecule has 0 heterocycles. The maximum atomic E-state index is 11.3. The zero-order chi connectivity index (χ0) is 9.78. The minimum atomic E-state index is -0.177. The van der Waals surface area contributed by atoms with E-state index in [1.54, 1.807) is 0 Å². The van der Waals surface area contributed by atoms with Crippen LogP contribution < -0.4 is 5.32 Å². The molecule has 0 radical (unpaired) electrons. The van der Waals surface area contributed by atoms with Crippen molar-refractivity contribution in [3.63, 3.8) is 0 Å². The summed E-state index contributed by atoms with van der Waals surface area (Å²) in [5.74, 6) is 0.704.